The summed E-state index contributed by atoms with van der Waals surface area (Å²) in [6.45, 7) is 0. The van der Waals surface area contributed by atoms with Crippen LogP contribution in [0.2, 0.25) is 0 Å². The van der Waals surface area contributed by atoms with Crippen molar-refractivity contribution >= 4 is 44.5 Å². The molecule has 0 atom stereocenters. The van der Waals surface area contributed by atoms with E-state index >= 15 is 0 Å². The molecule has 1 rings (SSSR count). The number of benzene rings is 1. The lowest BCUT2D eigenvalue weighted by Crippen LogP contribution is -1.78. The molecule has 54 valence electrons. The van der Waals surface area contributed by atoms with E-state index in [1.165, 1.54) is 6.07 Å². The third kappa shape index (κ3) is 1.74. The smallest absolute Gasteiger partial charge is 0.138 e. The summed E-state index contributed by atoms with van der Waals surface area (Å²) in [5, 5.41) is 0. The molecule has 1 aromatic carbocycles. The van der Waals surface area contributed by atoms with Crippen LogP contribution in [0.25, 0.3) is 0 Å². The Hall–Kier alpha value is 0.460. The van der Waals surface area contributed by atoms with E-state index < -0.39 is 0 Å². The van der Waals surface area contributed by atoms with Crippen molar-refractivity contribution in [3.8, 4) is 0 Å². The fraction of sp³-hybridized carbons (Fsp3) is 0. The van der Waals surface area contributed by atoms with Crippen molar-refractivity contribution < 1.29 is 4.39 Å². The maximum Gasteiger partial charge on any atom is 0.138 e. The molecule has 0 fully saturated rings. The fourth-order valence-electron chi connectivity index (χ4n) is 0.535. The van der Waals surface area contributed by atoms with Crippen LogP contribution >= 0.6 is 44.5 Å². The SMILES string of the molecule is Fc1cc(Br)cc(Br)c1S. The lowest BCUT2D eigenvalue weighted by atomic mass is 10.3. The highest BCUT2D eigenvalue weighted by Gasteiger charge is 2.02. The average molecular weight is 286 g/mol. The van der Waals surface area contributed by atoms with Gasteiger partial charge < -0.3 is 0 Å². The molecule has 0 nitrogen and oxygen atoms in total. The van der Waals surface area contributed by atoms with Gasteiger partial charge in [-0.3, -0.25) is 0 Å². The van der Waals surface area contributed by atoms with Gasteiger partial charge in [0, 0.05) is 8.95 Å². The zero-order valence-corrected chi connectivity index (χ0v) is 8.80. The van der Waals surface area contributed by atoms with Crippen LogP contribution < -0.4 is 0 Å². The number of halogens is 3. The molecular formula is C6H3Br2FS. The Morgan fingerprint density at radius 1 is 1.30 bits per heavy atom. The minimum absolute atomic E-state index is 0.329. The van der Waals surface area contributed by atoms with Gasteiger partial charge in [-0.25, -0.2) is 4.39 Å². The lowest BCUT2D eigenvalue weighted by Gasteiger charge is -1.98. The topological polar surface area (TPSA) is 0 Å². The number of hydrogen-bond donors (Lipinski definition) is 1. The van der Waals surface area contributed by atoms with Gasteiger partial charge in [0.05, 0.1) is 4.90 Å². The highest BCUT2D eigenvalue weighted by atomic mass is 79.9. The van der Waals surface area contributed by atoms with E-state index in [4.69, 9.17) is 0 Å². The van der Waals surface area contributed by atoms with Crippen molar-refractivity contribution in [3.05, 3.63) is 26.9 Å². The van der Waals surface area contributed by atoms with Crippen LogP contribution in [0.1, 0.15) is 0 Å². The standard InChI is InChI=1S/C6H3Br2FS/c7-3-1-4(8)6(10)5(9)2-3/h1-2,10H. The van der Waals surface area contributed by atoms with E-state index in [-0.39, 0.29) is 5.82 Å². The summed E-state index contributed by atoms with van der Waals surface area (Å²) in [4.78, 5) is 0.336. The van der Waals surface area contributed by atoms with Crippen LogP contribution in [0.15, 0.2) is 26.0 Å². The van der Waals surface area contributed by atoms with Crippen LogP contribution in [-0.4, -0.2) is 0 Å². The Morgan fingerprint density at radius 3 is 2.40 bits per heavy atom. The summed E-state index contributed by atoms with van der Waals surface area (Å²) in [5.74, 6) is -0.329. The predicted octanol–water partition coefficient (Wildman–Crippen LogP) is 3.64. The van der Waals surface area contributed by atoms with Gasteiger partial charge in [0.2, 0.25) is 0 Å². The van der Waals surface area contributed by atoms with Gasteiger partial charge in [-0.15, -0.1) is 12.6 Å². The van der Waals surface area contributed by atoms with Crippen LogP contribution in [0.3, 0.4) is 0 Å². The molecule has 0 bridgehead atoms. The molecule has 0 N–H and O–H groups in total. The van der Waals surface area contributed by atoms with Gasteiger partial charge in [0.1, 0.15) is 5.82 Å². The summed E-state index contributed by atoms with van der Waals surface area (Å²) in [5.41, 5.74) is 0. The maximum absolute atomic E-state index is 12.7. The van der Waals surface area contributed by atoms with E-state index in [0.717, 1.165) is 0 Å². The molecule has 0 unspecified atom stereocenters. The van der Waals surface area contributed by atoms with Crippen molar-refractivity contribution in [2.75, 3.05) is 0 Å². The van der Waals surface area contributed by atoms with Crippen molar-refractivity contribution in [1.82, 2.24) is 0 Å². The van der Waals surface area contributed by atoms with Gasteiger partial charge >= 0.3 is 0 Å². The number of rotatable bonds is 0. The Bertz CT molecular complexity index is 239. The normalized spacial score (nSPS) is 10.0. The molecule has 0 saturated heterocycles. The first-order valence-corrected chi connectivity index (χ1v) is 4.48. The van der Waals surface area contributed by atoms with Gasteiger partial charge in [-0.2, -0.15) is 0 Å². The minimum atomic E-state index is -0.329. The number of hydrogen-bond acceptors (Lipinski definition) is 1. The summed E-state index contributed by atoms with van der Waals surface area (Å²) in [6, 6.07) is 3.11. The lowest BCUT2D eigenvalue weighted by molar-refractivity contribution is 0.600. The van der Waals surface area contributed by atoms with Crippen molar-refractivity contribution in [3.63, 3.8) is 0 Å². The molecule has 0 radical (unpaired) electrons. The molecular weight excluding hydrogens is 283 g/mol. The second-order valence-corrected chi connectivity index (χ2v) is 3.94. The Balaban J connectivity index is 3.31. The molecule has 0 aliphatic heterocycles. The molecule has 10 heavy (non-hydrogen) atoms. The molecule has 0 heterocycles. The minimum Gasteiger partial charge on any atom is -0.206 e. The average Bonchev–Trinajstić information content (AvgIpc) is 1.82. The van der Waals surface area contributed by atoms with E-state index in [0.29, 0.717) is 13.8 Å². The summed E-state index contributed by atoms with van der Waals surface area (Å²) < 4.78 is 14.1. The van der Waals surface area contributed by atoms with Crippen LogP contribution in [0, 0.1) is 5.82 Å². The predicted molar refractivity (Wildman–Crippen MR) is 49.1 cm³/mol. The summed E-state index contributed by atoms with van der Waals surface area (Å²) in [7, 11) is 0. The van der Waals surface area contributed by atoms with Gasteiger partial charge in [0.15, 0.2) is 0 Å². The molecule has 0 saturated carbocycles. The monoisotopic (exact) mass is 284 g/mol. The molecule has 0 aromatic heterocycles. The molecule has 0 aliphatic rings. The second-order valence-electron chi connectivity index (χ2n) is 1.72. The highest BCUT2D eigenvalue weighted by molar-refractivity contribution is 9.11. The molecule has 4 heteroatoms. The third-order valence-corrected chi connectivity index (χ3v) is 2.83. The van der Waals surface area contributed by atoms with E-state index in [9.17, 15) is 4.39 Å². The Morgan fingerprint density at radius 2 is 1.90 bits per heavy atom. The summed E-state index contributed by atoms with van der Waals surface area (Å²) in [6.07, 6.45) is 0. The molecule has 0 amide bonds. The largest absolute Gasteiger partial charge is 0.206 e. The second kappa shape index (κ2) is 3.24. The summed E-state index contributed by atoms with van der Waals surface area (Å²) >= 11 is 10.2. The quantitative estimate of drug-likeness (QED) is 0.692. The zero-order chi connectivity index (χ0) is 7.72. The molecule has 1 aromatic rings. The van der Waals surface area contributed by atoms with Gasteiger partial charge in [-0.05, 0) is 28.1 Å². The molecule has 0 spiro atoms. The van der Waals surface area contributed by atoms with E-state index in [1.807, 2.05) is 0 Å². The fourth-order valence-corrected chi connectivity index (χ4v) is 1.84. The first kappa shape index (κ1) is 8.56. The zero-order valence-electron chi connectivity index (χ0n) is 4.74. The van der Waals surface area contributed by atoms with Gasteiger partial charge in [-0.1, -0.05) is 15.9 Å². The van der Waals surface area contributed by atoms with Crippen LogP contribution in [0.5, 0.6) is 0 Å². The van der Waals surface area contributed by atoms with Crippen LogP contribution in [-0.2, 0) is 0 Å². The van der Waals surface area contributed by atoms with Crippen molar-refractivity contribution in [1.29, 1.82) is 0 Å². The van der Waals surface area contributed by atoms with Crippen LogP contribution in [0.4, 0.5) is 4.39 Å². The van der Waals surface area contributed by atoms with Crippen molar-refractivity contribution in [2.45, 2.75) is 4.90 Å². The Labute approximate surface area is 80.5 Å². The maximum atomic E-state index is 12.7. The third-order valence-electron chi connectivity index (χ3n) is 0.982. The van der Waals surface area contributed by atoms with E-state index in [2.05, 4.69) is 44.5 Å². The first-order valence-electron chi connectivity index (χ1n) is 2.45. The van der Waals surface area contributed by atoms with Crippen molar-refractivity contribution in [2.24, 2.45) is 0 Å². The first-order chi connectivity index (χ1) is 4.61. The molecule has 0 aliphatic carbocycles. The number of thiol groups is 1. The highest BCUT2D eigenvalue weighted by Crippen LogP contribution is 2.27. The van der Waals surface area contributed by atoms with Gasteiger partial charge in [0.25, 0.3) is 0 Å². The Kier molecular flexibility index (Phi) is 2.77. The van der Waals surface area contributed by atoms with E-state index in [1.54, 1.807) is 6.07 Å².